The van der Waals surface area contributed by atoms with E-state index in [0.717, 1.165) is 16.6 Å². The summed E-state index contributed by atoms with van der Waals surface area (Å²) in [6.45, 7) is 2.73. The molecule has 0 saturated heterocycles. The Morgan fingerprint density at radius 3 is 2.60 bits per heavy atom. The molecule has 0 saturated carbocycles. The number of alkyl halides is 1. The number of benzene rings is 1. The number of carbonyl (C=O) groups is 1. The molecule has 0 spiro atoms. The van der Waals surface area contributed by atoms with Gasteiger partial charge in [-0.25, -0.2) is 0 Å². The molecule has 0 aromatic heterocycles. The largest absolute Gasteiger partial charge is 0.493 e. The third-order valence-corrected chi connectivity index (χ3v) is 2.13. The van der Waals surface area contributed by atoms with Crippen LogP contribution in [0.3, 0.4) is 0 Å². The number of amides is 1. The van der Waals surface area contributed by atoms with Gasteiger partial charge in [-0.15, -0.1) is 0 Å². The first-order valence-corrected chi connectivity index (χ1v) is 5.86. The first-order valence-electron chi connectivity index (χ1n) is 4.74. The molecule has 0 unspecified atom stereocenters. The molecule has 1 aromatic carbocycles. The Labute approximate surface area is 97.9 Å². The van der Waals surface area contributed by atoms with Gasteiger partial charge in [0.15, 0.2) is 0 Å². The van der Waals surface area contributed by atoms with Gasteiger partial charge >= 0.3 is 0 Å². The Bertz CT molecular complexity index is 311. The second-order valence-corrected chi connectivity index (χ2v) is 3.88. The number of ether oxygens (including phenoxy) is 1. The van der Waals surface area contributed by atoms with Gasteiger partial charge in [0.05, 0.1) is 6.61 Å². The number of hydrogen-bond acceptors (Lipinski definition) is 2. The van der Waals surface area contributed by atoms with Crippen LogP contribution in [0.15, 0.2) is 24.3 Å². The SMILES string of the molecule is CC(=O)NCc1ccc(OCCBr)cc1. The van der Waals surface area contributed by atoms with Crippen molar-refractivity contribution in [3.05, 3.63) is 29.8 Å². The number of nitrogens with one attached hydrogen (secondary N) is 1. The van der Waals surface area contributed by atoms with Crippen LogP contribution in [0.25, 0.3) is 0 Å². The average molecular weight is 272 g/mol. The van der Waals surface area contributed by atoms with Gasteiger partial charge in [0.1, 0.15) is 5.75 Å². The van der Waals surface area contributed by atoms with E-state index in [1.807, 2.05) is 24.3 Å². The summed E-state index contributed by atoms with van der Waals surface area (Å²) in [7, 11) is 0. The van der Waals surface area contributed by atoms with Gasteiger partial charge in [0.2, 0.25) is 5.91 Å². The van der Waals surface area contributed by atoms with Crippen LogP contribution in [-0.4, -0.2) is 17.8 Å². The van der Waals surface area contributed by atoms with Crippen LogP contribution in [0.5, 0.6) is 5.75 Å². The van der Waals surface area contributed by atoms with Gasteiger partial charge in [-0.3, -0.25) is 4.79 Å². The predicted octanol–water partition coefficient (Wildman–Crippen LogP) is 2.10. The molecule has 15 heavy (non-hydrogen) atoms. The monoisotopic (exact) mass is 271 g/mol. The smallest absolute Gasteiger partial charge is 0.217 e. The van der Waals surface area contributed by atoms with E-state index >= 15 is 0 Å². The molecule has 1 amide bonds. The van der Waals surface area contributed by atoms with Crippen LogP contribution in [0.2, 0.25) is 0 Å². The maximum Gasteiger partial charge on any atom is 0.217 e. The molecule has 1 rings (SSSR count). The van der Waals surface area contributed by atoms with Crippen LogP contribution < -0.4 is 10.1 Å². The molecular formula is C11H14BrNO2. The van der Waals surface area contributed by atoms with Gasteiger partial charge in [-0.2, -0.15) is 0 Å². The van der Waals surface area contributed by atoms with Crippen LogP contribution in [0, 0.1) is 0 Å². The molecule has 0 heterocycles. The summed E-state index contributed by atoms with van der Waals surface area (Å²) in [6.07, 6.45) is 0. The fourth-order valence-electron chi connectivity index (χ4n) is 1.09. The molecule has 0 fully saturated rings. The van der Waals surface area contributed by atoms with Crippen molar-refractivity contribution in [3.63, 3.8) is 0 Å². The fraction of sp³-hybridized carbons (Fsp3) is 0.364. The fourth-order valence-corrected chi connectivity index (χ4v) is 1.25. The number of carbonyl (C=O) groups excluding carboxylic acids is 1. The first-order chi connectivity index (χ1) is 7.22. The van der Waals surface area contributed by atoms with E-state index in [9.17, 15) is 4.79 Å². The molecule has 0 atom stereocenters. The predicted molar refractivity (Wildman–Crippen MR) is 63.3 cm³/mol. The molecule has 0 aliphatic rings. The van der Waals surface area contributed by atoms with Crippen molar-refractivity contribution in [3.8, 4) is 5.75 Å². The molecule has 0 aliphatic carbocycles. The highest BCUT2D eigenvalue weighted by Gasteiger charge is 1.96. The highest BCUT2D eigenvalue weighted by molar-refractivity contribution is 9.09. The third-order valence-electron chi connectivity index (χ3n) is 1.81. The van der Waals surface area contributed by atoms with Crippen LogP contribution >= 0.6 is 15.9 Å². The minimum atomic E-state index is -0.0189. The van der Waals surface area contributed by atoms with Gasteiger partial charge in [0.25, 0.3) is 0 Å². The number of rotatable bonds is 5. The van der Waals surface area contributed by atoms with E-state index in [1.165, 1.54) is 6.92 Å². The lowest BCUT2D eigenvalue weighted by Gasteiger charge is -2.05. The standard InChI is InChI=1S/C11H14BrNO2/c1-9(14)13-8-10-2-4-11(5-3-10)15-7-6-12/h2-5H,6-8H2,1H3,(H,13,14). The lowest BCUT2D eigenvalue weighted by Crippen LogP contribution is -2.18. The molecule has 1 N–H and O–H groups in total. The lowest BCUT2D eigenvalue weighted by molar-refractivity contribution is -0.119. The average Bonchev–Trinajstić information content (AvgIpc) is 2.25. The normalized spacial score (nSPS) is 9.73. The van der Waals surface area contributed by atoms with Crippen LogP contribution in [0.4, 0.5) is 0 Å². The summed E-state index contributed by atoms with van der Waals surface area (Å²) in [5.41, 5.74) is 1.07. The molecule has 82 valence electrons. The molecular weight excluding hydrogens is 258 g/mol. The Hall–Kier alpha value is -1.03. The highest BCUT2D eigenvalue weighted by Crippen LogP contribution is 2.12. The zero-order chi connectivity index (χ0) is 11.1. The van der Waals surface area contributed by atoms with Crippen molar-refractivity contribution in [1.29, 1.82) is 0 Å². The maximum atomic E-state index is 10.7. The van der Waals surface area contributed by atoms with Crippen molar-refractivity contribution in [2.75, 3.05) is 11.9 Å². The molecule has 3 nitrogen and oxygen atoms in total. The minimum Gasteiger partial charge on any atom is -0.493 e. The van der Waals surface area contributed by atoms with Crippen LogP contribution in [0.1, 0.15) is 12.5 Å². The van der Waals surface area contributed by atoms with Gasteiger partial charge in [-0.05, 0) is 17.7 Å². The lowest BCUT2D eigenvalue weighted by atomic mass is 10.2. The molecule has 1 aromatic rings. The van der Waals surface area contributed by atoms with E-state index < -0.39 is 0 Å². The Morgan fingerprint density at radius 1 is 1.40 bits per heavy atom. The highest BCUT2D eigenvalue weighted by atomic mass is 79.9. The van der Waals surface area contributed by atoms with Crippen molar-refractivity contribution in [1.82, 2.24) is 5.32 Å². The summed E-state index contributed by atoms with van der Waals surface area (Å²) in [4.78, 5) is 10.7. The molecule has 0 radical (unpaired) electrons. The van der Waals surface area contributed by atoms with E-state index in [4.69, 9.17) is 4.74 Å². The molecule has 0 bridgehead atoms. The minimum absolute atomic E-state index is 0.0189. The summed E-state index contributed by atoms with van der Waals surface area (Å²) in [6, 6.07) is 7.69. The van der Waals surface area contributed by atoms with Crippen molar-refractivity contribution < 1.29 is 9.53 Å². The summed E-state index contributed by atoms with van der Waals surface area (Å²) in [5.74, 6) is 0.829. The van der Waals surface area contributed by atoms with Crippen molar-refractivity contribution in [2.45, 2.75) is 13.5 Å². The number of halogens is 1. The molecule has 4 heteroatoms. The van der Waals surface area contributed by atoms with Gasteiger partial charge < -0.3 is 10.1 Å². The van der Waals surface area contributed by atoms with Gasteiger partial charge in [-0.1, -0.05) is 28.1 Å². The van der Waals surface area contributed by atoms with E-state index in [2.05, 4.69) is 21.2 Å². The second kappa shape index (κ2) is 6.45. The maximum absolute atomic E-state index is 10.7. The van der Waals surface area contributed by atoms with Crippen molar-refractivity contribution >= 4 is 21.8 Å². The Morgan fingerprint density at radius 2 is 2.07 bits per heavy atom. The Kier molecular flexibility index (Phi) is 5.18. The van der Waals surface area contributed by atoms with Crippen LogP contribution in [-0.2, 0) is 11.3 Å². The topological polar surface area (TPSA) is 38.3 Å². The van der Waals surface area contributed by atoms with E-state index in [0.29, 0.717) is 13.2 Å². The number of hydrogen-bond donors (Lipinski definition) is 1. The van der Waals surface area contributed by atoms with E-state index in [-0.39, 0.29) is 5.91 Å². The quantitative estimate of drug-likeness (QED) is 0.833. The zero-order valence-corrected chi connectivity index (χ0v) is 10.2. The summed E-state index contributed by atoms with van der Waals surface area (Å²) >= 11 is 3.29. The summed E-state index contributed by atoms with van der Waals surface area (Å²) < 4.78 is 5.40. The summed E-state index contributed by atoms with van der Waals surface area (Å²) in [5, 5.41) is 3.56. The van der Waals surface area contributed by atoms with Crippen molar-refractivity contribution in [2.24, 2.45) is 0 Å². The molecule has 0 aliphatic heterocycles. The van der Waals surface area contributed by atoms with E-state index in [1.54, 1.807) is 0 Å². The second-order valence-electron chi connectivity index (χ2n) is 3.09. The first kappa shape index (κ1) is 12.0. The zero-order valence-electron chi connectivity index (χ0n) is 8.63. The Balaban J connectivity index is 2.45. The third kappa shape index (κ3) is 4.83. The van der Waals surface area contributed by atoms with Gasteiger partial charge in [0, 0.05) is 18.8 Å².